The van der Waals surface area contributed by atoms with Gasteiger partial charge in [0.2, 0.25) is 11.8 Å². The molecular formula is C16H19NO4. The van der Waals surface area contributed by atoms with E-state index in [1.807, 2.05) is 6.92 Å². The summed E-state index contributed by atoms with van der Waals surface area (Å²) in [7, 11) is 1.55. The second-order valence-electron chi connectivity index (χ2n) is 5.50. The van der Waals surface area contributed by atoms with Crippen LogP contribution in [0.25, 0.3) is 0 Å². The van der Waals surface area contributed by atoms with Crippen molar-refractivity contribution in [2.45, 2.75) is 26.7 Å². The molecule has 0 saturated carbocycles. The number of hydrogen-bond donors (Lipinski definition) is 0. The van der Waals surface area contributed by atoms with Crippen molar-refractivity contribution in [2.24, 2.45) is 11.3 Å². The van der Waals surface area contributed by atoms with Gasteiger partial charge in [0.1, 0.15) is 12.0 Å². The van der Waals surface area contributed by atoms with Gasteiger partial charge in [-0.15, -0.1) is 0 Å². The van der Waals surface area contributed by atoms with Gasteiger partial charge in [0, 0.05) is 11.8 Å². The van der Waals surface area contributed by atoms with Crippen LogP contribution in [0.15, 0.2) is 24.3 Å². The Kier molecular flexibility index (Phi) is 4.11. The van der Waals surface area contributed by atoms with Crippen molar-refractivity contribution < 1.29 is 19.1 Å². The lowest BCUT2D eigenvalue weighted by Crippen LogP contribution is -2.37. The lowest BCUT2D eigenvalue weighted by atomic mass is 9.75. The summed E-state index contributed by atoms with van der Waals surface area (Å²) in [6.07, 6.45) is 1.39. The maximum atomic E-state index is 12.6. The number of benzene rings is 1. The summed E-state index contributed by atoms with van der Waals surface area (Å²) in [5.74, 6) is -0.506. The molecule has 1 heterocycles. The maximum absolute atomic E-state index is 12.6. The molecule has 1 unspecified atom stereocenters. The van der Waals surface area contributed by atoms with Gasteiger partial charge in [0.25, 0.3) is 0 Å². The minimum atomic E-state index is -0.798. The minimum absolute atomic E-state index is 0.0773. The van der Waals surface area contributed by atoms with Gasteiger partial charge in [-0.1, -0.05) is 13.8 Å². The summed E-state index contributed by atoms with van der Waals surface area (Å²) in [4.78, 5) is 37.2. The molecule has 0 bridgehead atoms. The summed E-state index contributed by atoms with van der Waals surface area (Å²) in [6.45, 7) is 3.58. The number of nitrogens with zero attached hydrogens (tertiary/aromatic N) is 1. The zero-order valence-electron chi connectivity index (χ0n) is 12.5. The van der Waals surface area contributed by atoms with E-state index >= 15 is 0 Å². The van der Waals surface area contributed by atoms with Gasteiger partial charge in [-0.25, -0.2) is 0 Å². The van der Waals surface area contributed by atoms with Gasteiger partial charge in [-0.3, -0.25) is 14.5 Å². The molecule has 1 saturated heterocycles. The molecule has 1 aliphatic rings. The minimum Gasteiger partial charge on any atom is -0.497 e. The monoisotopic (exact) mass is 289 g/mol. The van der Waals surface area contributed by atoms with Crippen LogP contribution in [-0.2, 0) is 14.4 Å². The zero-order chi connectivity index (χ0) is 15.6. The number of rotatable bonds is 5. The van der Waals surface area contributed by atoms with E-state index in [0.29, 0.717) is 17.9 Å². The van der Waals surface area contributed by atoms with Crippen molar-refractivity contribution in [1.82, 2.24) is 0 Å². The number of aldehydes is 1. The lowest BCUT2D eigenvalue weighted by Gasteiger charge is -2.26. The van der Waals surface area contributed by atoms with Crippen molar-refractivity contribution >= 4 is 23.8 Å². The fourth-order valence-corrected chi connectivity index (χ4v) is 2.56. The van der Waals surface area contributed by atoms with Crippen LogP contribution in [0.5, 0.6) is 5.75 Å². The summed E-state index contributed by atoms with van der Waals surface area (Å²) < 4.78 is 5.06. The average molecular weight is 289 g/mol. The van der Waals surface area contributed by atoms with Crippen LogP contribution in [0.4, 0.5) is 5.69 Å². The summed E-state index contributed by atoms with van der Waals surface area (Å²) in [5, 5.41) is 0. The van der Waals surface area contributed by atoms with E-state index in [2.05, 4.69) is 0 Å². The van der Waals surface area contributed by atoms with Crippen molar-refractivity contribution in [1.29, 1.82) is 0 Å². The first-order valence-electron chi connectivity index (χ1n) is 6.94. The zero-order valence-corrected chi connectivity index (χ0v) is 12.5. The Balaban J connectivity index is 2.31. The third-order valence-electron chi connectivity index (χ3n) is 4.30. The molecule has 21 heavy (non-hydrogen) atoms. The third-order valence-corrected chi connectivity index (χ3v) is 4.30. The fourth-order valence-electron chi connectivity index (χ4n) is 2.56. The Bertz CT molecular complexity index is 566. The second kappa shape index (κ2) is 5.68. The van der Waals surface area contributed by atoms with Crippen LogP contribution < -0.4 is 9.64 Å². The topological polar surface area (TPSA) is 63.7 Å². The van der Waals surface area contributed by atoms with Crippen molar-refractivity contribution in [3.05, 3.63) is 24.3 Å². The smallest absolute Gasteiger partial charge is 0.238 e. The third kappa shape index (κ3) is 2.55. The first-order chi connectivity index (χ1) is 9.96. The standard InChI is InChI=1S/C16H19NO4/c1-4-16(2,10-18)13-9-14(19)17(15(13)20)11-5-7-12(21-3)8-6-11/h5-8,10,13H,4,9H2,1-3H3/t13-,16?/m1/s1. The number of carbonyl (C=O) groups excluding carboxylic acids is 3. The van der Waals surface area contributed by atoms with Gasteiger partial charge in [0.05, 0.1) is 18.7 Å². The summed E-state index contributed by atoms with van der Waals surface area (Å²) in [6, 6.07) is 6.73. The number of methoxy groups -OCH3 is 1. The predicted molar refractivity (Wildman–Crippen MR) is 78.1 cm³/mol. The van der Waals surface area contributed by atoms with Crippen LogP contribution in [0.1, 0.15) is 26.7 Å². The van der Waals surface area contributed by atoms with Crippen LogP contribution in [0.3, 0.4) is 0 Å². The molecule has 1 aromatic rings. The SMILES string of the molecule is CCC(C)(C=O)[C@@H]1CC(=O)N(c2ccc(OC)cc2)C1=O. The molecule has 2 rings (SSSR count). The highest BCUT2D eigenvalue weighted by atomic mass is 16.5. The normalized spacial score (nSPS) is 21.3. The van der Waals surface area contributed by atoms with Gasteiger partial charge in [0.15, 0.2) is 0 Å². The van der Waals surface area contributed by atoms with E-state index in [-0.39, 0.29) is 18.2 Å². The highest BCUT2D eigenvalue weighted by Crippen LogP contribution is 2.39. The van der Waals surface area contributed by atoms with Crippen LogP contribution in [0, 0.1) is 11.3 Å². The van der Waals surface area contributed by atoms with E-state index in [0.717, 1.165) is 6.29 Å². The fraction of sp³-hybridized carbons (Fsp3) is 0.438. The molecule has 0 N–H and O–H groups in total. The van der Waals surface area contributed by atoms with Crippen LogP contribution >= 0.6 is 0 Å². The molecule has 0 radical (unpaired) electrons. The van der Waals surface area contributed by atoms with Crippen molar-refractivity contribution in [3.8, 4) is 5.75 Å². The van der Waals surface area contributed by atoms with Gasteiger partial charge < -0.3 is 9.53 Å². The number of carbonyl (C=O) groups is 3. The van der Waals surface area contributed by atoms with Gasteiger partial charge in [-0.05, 0) is 30.7 Å². The average Bonchev–Trinajstić information content (AvgIpc) is 2.82. The van der Waals surface area contributed by atoms with Gasteiger partial charge in [-0.2, -0.15) is 0 Å². The Morgan fingerprint density at radius 3 is 2.43 bits per heavy atom. The molecule has 5 heteroatoms. The highest BCUT2D eigenvalue weighted by Gasteiger charge is 2.48. The predicted octanol–water partition coefficient (Wildman–Crippen LogP) is 2.19. The van der Waals surface area contributed by atoms with E-state index in [9.17, 15) is 14.4 Å². The molecule has 2 atom stereocenters. The number of hydrogen-bond acceptors (Lipinski definition) is 4. The summed E-state index contributed by atoms with van der Waals surface area (Å²) >= 11 is 0. The molecule has 2 amide bonds. The number of ether oxygens (including phenoxy) is 1. The Hall–Kier alpha value is -2.17. The molecule has 0 spiro atoms. The lowest BCUT2D eigenvalue weighted by molar-refractivity contribution is -0.130. The first kappa shape index (κ1) is 15.2. The van der Waals surface area contributed by atoms with E-state index in [1.54, 1.807) is 38.3 Å². The van der Waals surface area contributed by atoms with Crippen LogP contribution in [0.2, 0.25) is 0 Å². The Morgan fingerprint density at radius 1 is 1.33 bits per heavy atom. The largest absolute Gasteiger partial charge is 0.497 e. The summed E-state index contributed by atoms with van der Waals surface area (Å²) in [5.41, 5.74) is -0.286. The van der Waals surface area contributed by atoms with E-state index < -0.39 is 11.3 Å². The quantitative estimate of drug-likeness (QED) is 0.615. The molecule has 112 valence electrons. The maximum Gasteiger partial charge on any atom is 0.238 e. The van der Waals surface area contributed by atoms with E-state index in [1.165, 1.54) is 4.90 Å². The Labute approximate surface area is 123 Å². The Morgan fingerprint density at radius 2 is 1.95 bits per heavy atom. The molecule has 1 fully saturated rings. The van der Waals surface area contributed by atoms with Gasteiger partial charge >= 0.3 is 0 Å². The molecule has 0 aromatic heterocycles. The molecule has 1 aliphatic heterocycles. The molecule has 0 aliphatic carbocycles. The second-order valence-corrected chi connectivity index (χ2v) is 5.50. The highest BCUT2D eigenvalue weighted by molar-refractivity contribution is 6.21. The number of amides is 2. The molecule has 1 aromatic carbocycles. The molecular weight excluding hydrogens is 270 g/mol. The molecule has 5 nitrogen and oxygen atoms in total. The van der Waals surface area contributed by atoms with Crippen molar-refractivity contribution in [3.63, 3.8) is 0 Å². The van der Waals surface area contributed by atoms with Crippen LogP contribution in [-0.4, -0.2) is 25.2 Å². The van der Waals surface area contributed by atoms with Crippen molar-refractivity contribution in [2.75, 3.05) is 12.0 Å². The number of imide groups is 1. The first-order valence-corrected chi connectivity index (χ1v) is 6.94. The van der Waals surface area contributed by atoms with E-state index in [4.69, 9.17) is 4.74 Å². The number of anilines is 1.